The molecule has 2 heterocycles. The van der Waals surface area contributed by atoms with Crippen molar-refractivity contribution >= 4 is 5.82 Å². The minimum absolute atomic E-state index is 0.484. The van der Waals surface area contributed by atoms with Crippen LogP contribution in [0.25, 0.3) is 11.3 Å². The minimum atomic E-state index is 0.484. The average Bonchev–Trinajstić information content (AvgIpc) is 2.52. The molecule has 0 unspecified atom stereocenters. The zero-order chi connectivity index (χ0) is 9.26. The van der Waals surface area contributed by atoms with Crippen molar-refractivity contribution in [1.82, 2.24) is 10.1 Å². The van der Waals surface area contributed by atoms with Gasteiger partial charge in [-0.05, 0) is 19.1 Å². The third kappa shape index (κ3) is 1.51. The van der Waals surface area contributed by atoms with Gasteiger partial charge in [-0.25, -0.2) is 4.98 Å². The van der Waals surface area contributed by atoms with Crippen molar-refractivity contribution in [2.24, 2.45) is 0 Å². The Labute approximate surface area is 75.4 Å². The summed E-state index contributed by atoms with van der Waals surface area (Å²) in [5, 5.41) is 3.87. The number of aryl methyl sites for hydroxylation is 1. The molecule has 2 aromatic heterocycles. The lowest BCUT2D eigenvalue weighted by Gasteiger charge is -1.95. The van der Waals surface area contributed by atoms with E-state index in [1.54, 1.807) is 12.3 Å². The van der Waals surface area contributed by atoms with E-state index >= 15 is 0 Å². The van der Waals surface area contributed by atoms with Crippen molar-refractivity contribution in [3.63, 3.8) is 0 Å². The molecule has 0 radical (unpaired) electrons. The number of nitrogens with two attached hydrogens (primary N) is 1. The van der Waals surface area contributed by atoms with Gasteiger partial charge < -0.3 is 10.3 Å². The van der Waals surface area contributed by atoms with E-state index in [1.165, 1.54) is 0 Å². The summed E-state index contributed by atoms with van der Waals surface area (Å²) in [6, 6.07) is 5.46. The van der Waals surface area contributed by atoms with Gasteiger partial charge in [0.1, 0.15) is 17.3 Å². The van der Waals surface area contributed by atoms with Crippen LogP contribution in [-0.4, -0.2) is 10.1 Å². The molecule has 0 bridgehead atoms. The van der Waals surface area contributed by atoms with Crippen LogP contribution in [0, 0.1) is 6.92 Å². The van der Waals surface area contributed by atoms with E-state index in [4.69, 9.17) is 10.3 Å². The topological polar surface area (TPSA) is 64.9 Å². The van der Waals surface area contributed by atoms with Gasteiger partial charge in [0.15, 0.2) is 0 Å². The number of hydrogen-bond acceptors (Lipinski definition) is 4. The Morgan fingerprint density at radius 3 is 2.85 bits per heavy atom. The van der Waals surface area contributed by atoms with Gasteiger partial charge in [-0.1, -0.05) is 5.16 Å². The van der Waals surface area contributed by atoms with E-state index < -0.39 is 0 Å². The molecule has 13 heavy (non-hydrogen) atoms. The molecule has 0 aliphatic carbocycles. The summed E-state index contributed by atoms with van der Waals surface area (Å²) in [5.41, 5.74) is 7.24. The van der Waals surface area contributed by atoms with E-state index in [9.17, 15) is 0 Å². The molecule has 0 fully saturated rings. The minimum Gasteiger partial charge on any atom is -0.384 e. The second-order valence-corrected chi connectivity index (χ2v) is 2.79. The van der Waals surface area contributed by atoms with E-state index in [-0.39, 0.29) is 0 Å². The Kier molecular flexibility index (Phi) is 1.73. The van der Waals surface area contributed by atoms with Crippen LogP contribution in [0.1, 0.15) is 5.76 Å². The van der Waals surface area contributed by atoms with Crippen molar-refractivity contribution < 1.29 is 4.52 Å². The molecular formula is C9H9N3O. The molecule has 66 valence electrons. The monoisotopic (exact) mass is 175 g/mol. The predicted octanol–water partition coefficient (Wildman–Crippen LogP) is 1.63. The van der Waals surface area contributed by atoms with Gasteiger partial charge in [-0.2, -0.15) is 0 Å². The summed E-state index contributed by atoms with van der Waals surface area (Å²) >= 11 is 0. The maximum absolute atomic E-state index is 5.53. The predicted molar refractivity (Wildman–Crippen MR) is 48.9 cm³/mol. The third-order valence-electron chi connectivity index (χ3n) is 1.70. The summed E-state index contributed by atoms with van der Waals surface area (Å²) in [7, 11) is 0. The first-order chi connectivity index (χ1) is 6.25. The lowest BCUT2D eigenvalue weighted by Crippen LogP contribution is -1.89. The Balaban J connectivity index is 2.46. The zero-order valence-corrected chi connectivity index (χ0v) is 7.19. The first kappa shape index (κ1) is 7.79. The van der Waals surface area contributed by atoms with Crippen LogP contribution in [-0.2, 0) is 0 Å². The molecular weight excluding hydrogens is 166 g/mol. The van der Waals surface area contributed by atoms with E-state index in [1.807, 2.05) is 19.1 Å². The molecule has 2 aromatic rings. The van der Waals surface area contributed by atoms with Crippen LogP contribution < -0.4 is 5.73 Å². The highest BCUT2D eigenvalue weighted by molar-refractivity contribution is 5.61. The molecule has 0 saturated heterocycles. The number of nitrogens with zero attached hydrogens (tertiary/aromatic N) is 2. The standard InChI is InChI=1S/C9H9N3O/c1-6-4-8(12-13-6)7-2-3-11-9(10)5-7/h2-5H,1H3,(H2,10,11). The summed E-state index contributed by atoms with van der Waals surface area (Å²) in [6.45, 7) is 1.85. The maximum Gasteiger partial charge on any atom is 0.134 e. The van der Waals surface area contributed by atoms with E-state index in [2.05, 4.69) is 10.1 Å². The summed E-state index contributed by atoms with van der Waals surface area (Å²) < 4.78 is 4.95. The number of nitrogen functional groups attached to an aromatic ring is 1. The molecule has 4 heteroatoms. The fourth-order valence-corrected chi connectivity index (χ4v) is 1.11. The molecule has 2 N–H and O–H groups in total. The summed E-state index contributed by atoms with van der Waals surface area (Å²) in [5.74, 6) is 1.27. The molecule has 2 rings (SSSR count). The number of aromatic nitrogens is 2. The van der Waals surface area contributed by atoms with Gasteiger partial charge in [0.05, 0.1) is 0 Å². The smallest absolute Gasteiger partial charge is 0.134 e. The van der Waals surface area contributed by atoms with Gasteiger partial charge >= 0.3 is 0 Å². The lowest BCUT2D eigenvalue weighted by molar-refractivity contribution is 0.399. The Morgan fingerprint density at radius 1 is 1.38 bits per heavy atom. The number of anilines is 1. The third-order valence-corrected chi connectivity index (χ3v) is 1.70. The van der Waals surface area contributed by atoms with E-state index in [0.29, 0.717) is 5.82 Å². The normalized spacial score (nSPS) is 10.2. The van der Waals surface area contributed by atoms with Gasteiger partial charge in [0.25, 0.3) is 0 Å². The zero-order valence-electron chi connectivity index (χ0n) is 7.19. The molecule has 0 spiro atoms. The molecule has 0 amide bonds. The molecule has 0 aromatic carbocycles. The highest BCUT2D eigenvalue weighted by Crippen LogP contribution is 2.19. The fraction of sp³-hybridized carbons (Fsp3) is 0.111. The number of rotatable bonds is 1. The number of pyridine rings is 1. The SMILES string of the molecule is Cc1cc(-c2ccnc(N)c2)no1. The lowest BCUT2D eigenvalue weighted by atomic mass is 10.2. The van der Waals surface area contributed by atoms with Crippen molar-refractivity contribution in [2.75, 3.05) is 5.73 Å². The van der Waals surface area contributed by atoms with Crippen LogP contribution in [0.15, 0.2) is 28.9 Å². The van der Waals surface area contributed by atoms with Gasteiger partial charge in [0, 0.05) is 17.8 Å². The van der Waals surface area contributed by atoms with Gasteiger partial charge in [-0.3, -0.25) is 0 Å². The van der Waals surface area contributed by atoms with Crippen molar-refractivity contribution in [1.29, 1.82) is 0 Å². The maximum atomic E-state index is 5.53. The highest BCUT2D eigenvalue weighted by Gasteiger charge is 2.03. The first-order valence-electron chi connectivity index (χ1n) is 3.91. The van der Waals surface area contributed by atoms with Crippen LogP contribution in [0.4, 0.5) is 5.82 Å². The average molecular weight is 175 g/mol. The van der Waals surface area contributed by atoms with Crippen LogP contribution in [0.2, 0.25) is 0 Å². The quantitative estimate of drug-likeness (QED) is 0.715. The van der Waals surface area contributed by atoms with Crippen molar-refractivity contribution in [2.45, 2.75) is 6.92 Å². The Bertz CT molecular complexity index is 422. The summed E-state index contributed by atoms with van der Waals surface area (Å²) in [4.78, 5) is 3.89. The Hall–Kier alpha value is -1.84. The molecule has 4 nitrogen and oxygen atoms in total. The molecule has 0 aliphatic rings. The van der Waals surface area contributed by atoms with Crippen LogP contribution in [0.3, 0.4) is 0 Å². The van der Waals surface area contributed by atoms with Crippen LogP contribution >= 0.6 is 0 Å². The summed E-state index contributed by atoms with van der Waals surface area (Å²) in [6.07, 6.45) is 1.65. The Morgan fingerprint density at radius 2 is 2.23 bits per heavy atom. The van der Waals surface area contributed by atoms with E-state index in [0.717, 1.165) is 17.0 Å². The number of hydrogen-bond donors (Lipinski definition) is 1. The van der Waals surface area contributed by atoms with Crippen molar-refractivity contribution in [3.8, 4) is 11.3 Å². The highest BCUT2D eigenvalue weighted by atomic mass is 16.5. The molecule has 0 atom stereocenters. The van der Waals surface area contributed by atoms with Crippen LogP contribution in [0.5, 0.6) is 0 Å². The van der Waals surface area contributed by atoms with Gasteiger partial charge in [-0.15, -0.1) is 0 Å². The fourth-order valence-electron chi connectivity index (χ4n) is 1.11. The van der Waals surface area contributed by atoms with Crippen molar-refractivity contribution in [3.05, 3.63) is 30.2 Å². The molecule has 0 aliphatic heterocycles. The first-order valence-corrected chi connectivity index (χ1v) is 3.91. The second kappa shape index (κ2) is 2.90. The largest absolute Gasteiger partial charge is 0.384 e. The molecule has 0 saturated carbocycles. The van der Waals surface area contributed by atoms with Gasteiger partial charge in [0.2, 0.25) is 0 Å². The second-order valence-electron chi connectivity index (χ2n) is 2.79.